The lowest BCUT2D eigenvalue weighted by molar-refractivity contribution is -0.121. The number of hydrogen-bond acceptors (Lipinski definition) is 5. The van der Waals surface area contributed by atoms with Crippen molar-refractivity contribution in [2.75, 3.05) is 12.4 Å². The van der Waals surface area contributed by atoms with Crippen molar-refractivity contribution < 1.29 is 23.1 Å². The summed E-state index contributed by atoms with van der Waals surface area (Å²) < 4.78 is 24.3. The van der Waals surface area contributed by atoms with Crippen molar-refractivity contribution in [1.29, 1.82) is 0 Å². The second-order valence-corrected chi connectivity index (χ2v) is 7.79. The van der Waals surface area contributed by atoms with E-state index in [0.29, 0.717) is 30.3 Å². The highest BCUT2D eigenvalue weighted by molar-refractivity contribution is 6.04. The van der Waals surface area contributed by atoms with Crippen LogP contribution in [0.3, 0.4) is 0 Å². The average molecular weight is 474 g/mol. The molecule has 178 valence electrons. The molecule has 0 atom stereocenters. The normalized spacial score (nSPS) is 10.6. The third-order valence-electron chi connectivity index (χ3n) is 5.26. The highest BCUT2D eigenvalue weighted by Crippen LogP contribution is 2.23. The molecule has 4 aromatic rings. The molecule has 0 spiro atoms. The second kappa shape index (κ2) is 11.1. The fourth-order valence-electron chi connectivity index (χ4n) is 3.42. The van der Waals surface area contributed by atoms with Crippen molar-refractivity contribution in [2.24, 2.45) is 0 Å². The first kappa shape index (κ1) is 23.7. The van der Waals surface area contributed by atoms with E-state index in [4.69, 9.17) is 9.15 Å². The highest BCUT2D eigenvalue weighted by atomic mass is 19.1. The molecule has 35 heavy (non-hydrogen) atoms. The predicted molar refractivity (Wildman–Crippen MR) is 129 cm³/mol. The molecule has 2 N–H and O–H groups in total. The Morgan fingerprint density at radius 1 is 1.03 bits per heavy atom. The summed E-state index contributed by atoms with van der Waals surface area (Å²) in [6.45, 7) is 0.297. The lowest BCUT2D eigenvalue weighted by Gasteiger charge is -2.09. The molecule has 1 heterocycles. The van der Waals surface area contributed by atoms with Gasteiger partial charge in [-0.25, -0.2) is 9.37 Å². The van der Waals surface area contributed by atoms with E-state index in [9.17, 15) is 14.0 Å². The zero-order valence-electron chi connectivity index (χ0n) is 19.1. The number of nitrogens with zero attached hydrogens (tertiary/aromatic N) is 1. The van der Waals surface area contributed by atoms with Gasteiger partial charge in [-0.2, -0.15) is 0 Å². The Kier molecular flexibility index (Phi) is 7.52. The van der Waals surface area contributed by atoms with Gasteiger partial charge in [-0.15, -0.1) is 0 Å². The van der Waals surface area contributed by atoms with Crippen LogP contribution in [0.5, 0.6) is 5.75 Å². The molecule has 3 aromatic carbocycles. The summed E-state index contributed by atoms with van der Waals surface area (Å²) in [5.74, 6) is 0.822. The summed E-state index contributed by atoms with van der Waals surface area (Å²) in [6.07, 6.45) is 2.23. The van der Waals surface area contributed by atoms with Gasteiger partial charge < -0.3 is 19.8 Å². The van der Waals surface area contributed by atoms with Gasteiger partial charge in [-0.3, -0.25) is 9.59 Å². The zero-order valence-corrected chi connectivity index (χ0v) is 19.1. The van der Waals surface area contributed by atoms with Crippen LogP contribution in [0, 0.1) is 5.82 Å². The molecular weight excluding hydrogens is 449 g/mol. The number of carbonyl (C=O) groups is 2. The highest BCUT2D eigenvalue weighted by Gasteiger charge is 2.10. The van der Waals surface area contributed by atoms with Gasteiger partial charge in [0.05, 0.1) is 13.3 Å². The smallest absolute Gasteiger partial charge is 0.255 e. The van der Waals surface area contributed by atoms with Crippen molar-refractivity contribution in [2.45, 2.75) is 19.4 Å². The molecule has 0 saturated heterocycles. The van der Waals surface area contributed by atoms with Gasteiger partial charge in [0.15, 0.2) is 11.7 Å². The first-order valence-electron chi connectivity index (χ1n) is 11.0. The number of oxazole rings is 1. The number of amides is 2. The van der Waals surface area contributed by atoms with Crippen molar-refractivity contribution in [3.05, 3.63) is 102 Å². The maximum atomic E-state index is 13.3. The van der Waals surface area contributed by atoms with E-state index in [1.54, 1.807) is 31.5 Å². The molecule has 0 fully saturated rings. The first-order valence-corrected chi connectivity index (χ1v) is 11.0. The Bertz CT molecular complexity index is 1320. The quantitative estimate of drug-likeness (QED) is 0.357. The van der Waals surface area contributed by atoms with Crippen LogP contribution in [0.15, 0.2) is 83.4 Å². The number of ether oxygens (including phenoxy) is 1. The van der Waals surface area contributed by atoms with Crippen molar-refractivity contribution in [3.8, 4) is 17.1 Å². The van der Waals surface area contributed by atoms with Gasteiger partial charge in [0.1, 0.15) is 11.6 Å². The Morgan fingerprint density at radius 2 is 1.83 bits per heavy atom. The van der Waals surface area contributed by atoms with Crippen LogP contribution in [0.1, 0.15) is 28.2 Å². The number of aromatic nitrogens is 1. The molecule has 4 rings (SSSR count). The monoisotopic (exact) mass is 473 g/mol. The Balaban J connectivity index is 1.26. The summed E-state index contributed by atoms with van der Waals surface area (Å²) >= 11 is 0. The van der Waals surface area contributed by atoms with Gasteiger partial charge in [-0.1, -0.05) is 18.2 Å². The number of carbonyl (C=O) groups excluding carboxylic acids is 2. The van der Waals surface area contributed by atoms with E-state index in [2.05, 4.69) is 15.6 Å². The Morgan fingerprint density at radius 3 is 2.60 bits per heavy atom. The lowest BCUT2D eigenvalue weighted by atomic mass is 10.1. The summed E-state index contributed by atoms with van der Waals surface area (Å²) in [5.41, 5.74) is 2.47. The predicted octanol–water partition coefficient (Wildman–Crippen LogP) is 4.99. The van der Waals surface area contributed by atoms with Crippen LogP contribution in [0.25, 0.3) is 11.3 Å². The van der Waals surface area contributed by atoms with Crippen LogP contribution < -0.4 is 15.4 Å². The van der Waals surface area contributed by atoms with E-state index in [0.717, 1.165) is 16.9 Å². The molecule has 0 aliphatic rings. The summed E-state index contributed by atoms with van der Waals surface area (Å²) in [4.78, 5) is 28.9. The van der Waals surface area contributed by atoms with Crippen LogP contribution >= 0.6 is 0 Å². The molecule has 0 saturated carbocycles. The molecule has 8 heteroatoms. The molecule has 0 aliphatic carbocycles. The van der Waals surface area contributed by atoms with Crippen molar-refractivity contribution >= 4 is 17.5 Å². The number of rotatable bonds is 9. The standard InChI is InChI=1S/C27H24FN3O4/c1-34-23-10-8-19(9-11-23)24-17-30-26(35-24)13-12-25(32)29-16-18-4-2-7-22(14-18)31-27(33)20-5-3-6-21(28)15-20/h2-11,14-15,17H,12-13,16H2,1H3,(H,29,32)(H,31,33). The van der Waals surface area contributed by atoms with Crippen LogP contribution in [0.4, 0.5) is 10.1 Å². The van der Waals surface area contributed by atoms with Crippen molar-refractivity contribution in [1.82, 2.24) is 10.3 Å². The maximum Gasteiger partial charge on any atom is 0.255 e. The molecule has 7 nitrogen and oxygen atoms in total. The van der Waals surface area contributed by atoms with E-state index in [-0.39, 0.29) is 17.9 Å². The Hall–Kier alpha value is -4.46. The maximum absolute atomic E-state index is 13.3. The van der Waals surface area contributed by atoms with E-state index >= 15 is 0 Å². The van der Waals surface area contributed by atoms with Gasteiger partial charge >= 0.3 is 0 Å². The average Bonchev–Trinajstić information content (AvgIpc) is 3.35. The third-order valence-corrected chi connectivity index (χ3v) is 5.26. The zero-order chi connectivity index (χ0) is 24.6. The number of benzene rings is 3. The van der Waals surface area contributed by atoms with Crippen molar-refractivity contribution in [3.63, 3.8) is 0 Å². The van der Waals surface area contributed by atoms with Gasteiger partial charge in [0, 0.05) is 36.2 Å². The molecular formula is C27H24FN3O4. The summed E-state index contributed by atoms with van der Waals surface area (Å²) in [6, 6.07) is 20.0. The summed E-state index contributed by atoms with van der Waals surface area (Å²) in [5, 5.41) is 5.59. The SMILES string of the molecule is COc1ccc(-c2cnc(CCC(=O)NCc3cccc(NC(=O)c4cccc(F)c4)c3)o2)cc1. The van der Waals surface area contributed by atoms with E-state index in [1.807, 2.05) is 30.3 Å². The topological polar surface area (TPSA) is 93.5 Å². The van der Waals surface area contributed by atoms with Gasteiger partial charge in [0.25, 0.3) is 5.91 Å². The molecule has 0 radical (unpaired) electrons. The third kappa shape index (κ3) is 6.54. The minimum absolute atomic E-state index is 0.150. The molecule has 0 aliphatic heterocycles. The lowest BCUT2D eigenvalue weighted by Crippen LogP contribution is -2.23. The molecule has 0 unspecified atom stereocenters. The number of anilines is 1. The first-order chi connectivity index (χ1) is 17.0. The molecule has 0 bridgehead atoms. The number of methoxy groups -OCH3 is 1. The van der Waals surface area contributed by atoms with E-state index in [1.165, 1.54) is 24.3 Å². The van der Waals surface area contributed by atoms with Crippen LogP contribution in [0.2, 0.25) is 0 Å². The van der Waals surface area contributed by atoms with Crippen LogP contribution in [-0.2, 0) is 17.8 Å². The van der Waals surface area contributed by atoms with Gasteiger partial charge in [0.2, 0.25) is 5.91 Å². The number of hydrogen-bond donors (Lipinski definition) is 2. The summed E-state index contributed by atoms with van der Waals surface area (Å²) in [7, 11) is 1.61. The van der Waals surface area contributed by atoms with Gasteiger partial charge in [-0.05, 0) is 60.2 Å². The van der Waals surface area contributed by atoms with Crippen LogP contribution in [-0.4, -0.2) is 23.9 Å². The van der Waals surface area contributed by atoms with E-state index < -0.39 is 11.7 Å². The second-order valence-electron chi connectivity index (χ2n) is 7.79. The minimum atomic E-state index is -0.476. The number of aryl methyl sites for hydroxylation is 1. The largest absolute Gasteiger partial charge is 0.497 e. The fraction of sp³-hybridized carbons (Fsp3) is 0.148. The molecule has 1 aromatic heterocycles. The number of halogens is 1. The molecule has 2 amide bonds. The number of nitrogens with one attached hydrogen (secondary N) is 2. The fourth-order valence-corrected chi connectivity index (χ4v) is 3.42. The minimum Gasteiger partial charge on any atom is -0.497 e. The Labute approximate surface area is 202 Å².